The lowest BCUT2D eigenvalue weighted by molar-refractivity contribution is -0.121. The lowest BCUT2D eigenvalue weighted by atomic mass is 10.1. The summed E-state index contributed by atoms with van der Waals surface area (Å²) in [4.78, 5) is 12.4. The molecule has 1 N–H and O–H groups in total. The van der Waals surface area contributed by atoms with Gasteiger partial charge in [0.15, 0.2) is 0 Å². The monoisotopic (exact) mass is 413 g/mol. The van der Waals surface area contributed by atoms with E-state index < -0.39 is 10.0 Å². The number of carbonyl (C=O) groups is 1. The molecule has 1 unspecified atom stereocenters. The van der Waals surface area contributed by atoms with Gasteiger partial charge in [0.25, 0.3) is 0 Å². The molecule has 142 valence electrons. The molecule has 1 atom stereocenters. The van der Waals surface area contributed by atoms with Crippen LogP contribution in [0.3, 0.4) is 0 Å². The molecule has 0 bridgehead atoms. The number of nitrogens with one attached hydrogen (secondary N) is 1. The van der Waals surface area contributed by atoms with Crippen molar-refractivity contribution in [2.75, 3.05) is 36.9 Å². The van der Waals surface area contributed by atoms with E-state index in [0.29, 0.717) is 13.1 Å². The zero-order chi connectivity index (χ0) is 18.4. The number of thiophene rings is 1. The summed E-state index contributed by atoms with van der Waals surface area (Å²) >= 11 is 3.37. The molecule has 6 nitrogen and oxygen atoms in total. The number of rotatable bonds is 8. The van der Waals surface area contributed by atoms with Crippen molar-refractivity contribution in [2.45, 2.75) is 12.5 Å². The first-order valence-corrected chi connectivity index (χ1v) is 12.2. The van der Waals surface area contributed by atoms with Crippen molar-refractivity contribution in [1.82, 2.24) is 14.2 Å². The molecule has 26 heavy (non-hydrogen) atoms. The zero-order valence-electron chi connectivity index (χ0n) is 14.4. The van der Waals surface area contributed by atoms with Crippen molar-refractivity contribution in [3.63, 3.8) is 0 Å². The van der Waals surface area contributed by atoms with E-state index in [2.05, 4.69) is 5.32 Å². The molecule has 3 heterocycles. The van der Waals surface area contributed by atoms with Gasteiger partial charge in [-0.3, -0.25) is 4.79 Å². The van der Waals surface area contributed by atoms with Crippen molar-refractivity contribution >= 4 is 39.0 Å². The van der Waals surface area contributed by atoms with Crippen LogP contribution in [-0.4, -0.2) is 60.1 Å². The molecule has 0 aliphatic carbocycles. The first kappa shape index (κ1) is 19.5. The second kappa shape index (κ2) is 9.07. The Kier molecular flexibility index (Phi) is 6.80. The molecule has 0 saturated carbocycles. The van der Waals surface area contributed by atoms with Gasteiger partial charge < -0.3 is 9.88 Å². The fraction of sp³-hybridized carbons (Fsp3) is 0.471. The van der Waals surface area contributed by atoms with Gasteiger partial charge in [-0.25, -0.2) is 12.7 Å². The van der Waals surface area contributed by atoms with Crippen LogP contribution in [0.25, 0.3) is 0 Å². The third-order valence-corrected chi connectivity index (χ3v) is 7.86. The SMILES string of the molecule is O=C(CC(c1ccsc1)n1cccc1)NCCS(=O)(=O)N1CCSCC1. The molecule has 0 radical (unpaired) electrons. The summed E-state index contributed by atoms with van der Waals surface area (Å²) < 4.78 is 28.2. The van der Waals surface area contributed by atoms with Crippen molar-refractivity contribution in [2.24, 2.45) is 0 Å². The Morgan fingerprint density at radius 2 is 1.96 bits per heavy atom. The third-order valence-electron chi connectivity index (χ3n) is 4.34. The summed E-state index contributed by atoms with van der Waals surface area (Å²) in [7, 11) is -3.29. The van der Waals surface area contributed by atoms with Crippen LogP contribution in [0.15, 0.2) is 41.4 Å². The number of nitrogens with zero attached hydrogens (tertiary/aromatic N) is 2. The summed E-state index contributed by atoms with van der Waals surface area (Å²) in [5.41, 5.74) is 1.08. The molecule has 1 saturated heterocycles. The highest BCUT2D eigenvalue weighted by atomic mass is 32.2. The Bertz CT molecular complexity index is 748. The molecule has 2 aromatic heterocycles. The van der Waals surface area contributed by atoms with Gasteiger partial charge >= 0.3 is 0 Å². The molecular weight excluding hydrogens is 390 g/mol. The Balaban J connectivity index is 1.53. The number of sulfonamides is 1. The van der Waals surface area contributed by atoms with Crippen molar-refractivity contribution in [1.29, 1.82) is 0 Å². The third kappa shape index (κ3) is 5.12. The lowest BCUT2D eigenvalue weighted by Gasteiger charge is -2.25. The Morgan fingerprint density at radius 3 is 2.62 bits per heavy atom. The molecule has 1 aliphatic heterocycles. The minimum atomic E-state index is -3.29. The van der Waals surface area contributed by atoms with Crippen molar-refractivity contribution in [3.05, 3.63) is 46.9 Å². The van der Waals surface area contributed by atoms with Gasteiger partial charge in [0.1, 0.15) is 0 Å². The number of amides is 1. The molecule has 1 fully saturated rings. The van der Waals surface area contributed by atoms with Crippen LogP contribution < -0.4 is 5.32 Å². The van der Waals surface area contributed by atoms with Crippen LogP contribution in [0, 0.1) is 0 Å². The number of aromatic nitrogens is 1. The second-order valence-electron chi connectivity index (χ2n) is 6.08. The first-order chi connectivity index (χ1) is 12.6. The van der Waals surface area contributed by atoms with Gasteiger partial charge in [0.2, 0.25) is 15.9 Å². The summed E-state index contributed by atoms with van der Waals surface area (Å²) in [6.07, 6.45) is 4.16. The maximum Gasteiger partial charge on any atom is 0.222 e. The number of thioether (sulfide) groups is 1. The minimum absolute atomic E-state index is 0.0456. The number of carbonyl (C=O) groups excluding carboxylic acids is 1. The topological polar surface area (TPSA) is 71.4 Å². The quantitative estimate of drug-likeness (QED) is 0.719. The predicted molar refractivity (Wildman–Crippen MR) is 107 cm³/mol. The second-order valence-corrected chi connectivity index (χ2v) is 10.2. The van der Waals surface area contributed by atoms with Gasteiger partial charge in [-0.1, -0.05) is 0 Å². The van der Waals surface area contributed by atoms with E-state index in [9.17, 15) is 13.2 Å². The average Bonchev–Trinajstić information content (AvgIpc) is 3.34. The van der Waals surface area contributed by atoms with Crippen molar-refractivity contribution < 1.29 is 13.2 Å². The van der Waals surface area contributed by atoms with E-state index in [4.69, 9.17) is 0 Å². The van der Waals surface area contributed by atoms with E-state index in [1.165, 1.54) is 4.31 Å². The van der Waals surface area contributed by atoms with Gasteiger partial charge in [0, 0.05) is 43.5 Å². The highest BCUT2D eigenvalue weighted by molar-refractivity contribution is 7.99. The van der Waals surface area contributed by atoms with Crippen molar-refractivity contribution in [3.8, 4) is 0 Å². The summed E-state index contributed by atoms with van der Waals surface area (Å²) in [5, 5.41) is 6.80. The van der Waals surface area contributed by atoms with Crippen LogP contribution in [0.4, 0.5) is 0 Å². The fourth-order valence-electron chi connectivity index (χ4n) is 2.94. The average molecular weight is 414 g/mol. The van der Waals surface area contributed by atoms with Crippen LogP contribution in [0.2, 0.25) is 0 Å². The Morgan fingerprint density at radius 1 is 1.23 bits per heavy atom. The largest absolute Gasteiger partial charge is 0.355 e. The zero-order valence-corrected chi connectivity index (χ0v) is 16.9. The fourth-order valence-corrected chi connectivity index (χ4v) is 6.14. The maximum absolute atomic E-state index is 12.4. The van der Waals surface area contributed by atoms with E-state index in [0.717, 1.165) is 17.1 Å². The summed E-state index contributed by atoms with van der Waals surface area (Å²) in [6, 6.07) is 5.80. The van der Waals surface area contributed by atoms with E-state index in [1.54, 1.807) is 23.1 Å². The Labute approximate surface area is 162 Å². The van der Waals surface area contributed by atoms with E-state index >= 15 is 0 Å². The summed E-state index contributed by atoms with van der Waals surface area (Å²) in [6.45, 7) is 1.27. The number of hydrogen-bond donors (Lipinski definition) is 1. The van der Waals surface area contributed by atoms with E-state index in [1.807, 2.05) is 45.9 Å². The summed E-state index contributed by atoms with van der Waals surface area (Å²) in [5.74, 6) is 1.49. The molecule has 9 heteroatoms. The Hall–Kier alpha value is -1.29. The predicted octanol–water partition coefficient (Wildman–Crippen LogP) is 2.02. The molecule has 0 aromatic carbocycles. The molecule has 1 aliphatic rings. The van der Waals surface area contributed by atoms with Gasteiger partial charge in [0.05, 0.1) is 18.2 Å². The lowest BCUT2D eigenvalue weighted by Crippen LogP contribution is -2.42. The van der Waals surface area contributed by atoms with E-state index in [-0.39, 0.29) is 30.7 Å². The first-order valence-electron chi connectivity index (χ1n) is 8.53. The molecule has 0 spiro atoms. The molecule has 2 aromatic rings. The van der Waals surface area contributed by atoms with Gasteiger partial charge in [-0.2, -0.15) is 23.1 Å². The highest BCUT2D eigenvalue weighted by Crippen LogP contribution is 2.24. The molecule has 1 amide bonds. The highest BCUT2D eigenvalue weighted by Gasteiger charge is 2.24. The smallest absolute Gasteiger partial charge is 0.222 e. The normalized spacial score (nSPS) is 17.1. The maximum atomic E-state index is 12.4. The molecular formula is C17H23N3O3S3. The van der Waals surface area contributed by atoms with Gasteiger partial charge in [-0.05, 0) is 34.5 Å². The van der Waals surface area contributed by atoms with Crippen LogP contribution in [-0.2, 0) is 14.8 Å². The van der Waals surface area contributed by atoms with Crippen LogP contribution >= 0.6 is 23.1 Å². The standard InChI is InChI=1S/C17H23N3O3S3/c21-17(18-4-12-26(22,23)20-7-10-24-11-8-20)13-16(15-3-9-25-14-15)19-5-1-2-6-19/h1-3,5-6,9,14,16H,4,7-8,10-13H2,(H,18,21). The van der Waals surface area contributed by atoms with Gasteiger partial charge in [-0.15, -0.1) is 0 Å². The number of hydrogen-bond acceptors (Lipinski definition) is 5. The van der Waals surface area contributed by atoms with Crippen LogP contribution in [0.1, 0.15) is 18.0 Å². The minimum Gasteiger partial charge on any atom is -0.355 e. The molecule has 3 rings (SSSR count). The van der Waals surface area contributed by atoms with Crippen LogP contribution in [0.5, 0.6) is 0 Å².